The monoisotopic (exact) mass is 333 g/mol. The number of halogens is 2. The Labute approximate surface area is 124 Å². The maximum atomic E-state index is 13.8. The SMILES string of the molecule is CC(C)c1csc(NS(=O)(=O)c2ccc(F)c(N)c2F)n1. The number of sulfonamides is 1. The summed E-state index contributed by atoms with van der Waals surface area (Å²) in [6.07, 6.45) is 0. The fourth-order valence-corrected chi connectivity index (χ4v) is 3.74. The molecule has 1 aromatic carbocycles. The second-order valence-corrected chi connectivity index (χ2v) is 7.12. The first-order chi connectivity index (χ1) is 9.72. The minimum absolute atomic E-state index is 0.112. The molecule has 114 valence electrons. The largest absolute Gasteiger partial charge is 0.394 e. The zero-order valence-corrected chi connectivity index (χ0v) is 12.9. The summed E-state index contributed by atoms with van der Waals surface area (Å²) in [7, 11) is -4.22. The molecule has 5 nitrogen and oxygen atoms in total. The molecule has 1 aromatic heterocycles. The highest BCUT2D eigenvalue weighted by atomic mass is 32.2. The first-order valence-electron chi connectivity index (χ1n) is 5.94. The van der Waals surface area contributed by atoms with E-state index < -0.39 is 32.2 Å². The van der Waals surface area contributed by atoms with Crippen LogP contribution in [-0.4, -0.2) is 13.4 Å². The maximum Gasteiger partial charge on any atom is 0.266 e. The van der Waals surface area contributed by atoms with E-state index in [4.69, 9.17) is 5.73 Å². The number of benzene rings is 1. The van der Waals surface area contributed by atoms with Crippen molar-refractivity contribution in [1.82, 2.24) is 4.98 Å². The molecule has 0 saturated heterocycles. The zero-order chi connectivity index (χ0) is 15.8. The van der Waals surface area contributed by atoms with Crippen LogP contribution in [0.4, 0.5) is 19.6 Å². The Morgan fingerprint density at radius 2 is 2.00 bits per heavy atom. The van der Waals surface area contributed by atoms with Crippen molar-refractivity contribution in [1.29, 1.82) is 0 Å². The van der Waals surface area contributed by atoms with Gasteiger partial charge in [-0.1, -0.05) is 13.8 Å². The van der Waals surface area contributed by atoms with Crippen LogP contribution < -0.4 is 10.5 Å². The molecule has 21 heavy (non-hydrogen) atoms. The molecule has 0 aliphatic rings. The molecule has 0 amide bonds. The molecular weight excluding hydrogens is 320 g/mol. The Hall–Kier alpha value is -1.74. The third-order valence-electron chi connectivity index (χ3n) is 2.72. The van der Waals surface area contributed by atoms with Crippen LogP contribution in [0.15, 0.2) is 22.4 Å². The van der Waals surface area contributed by atoms with Crippen LogP contribution in [0.1, 0.15) is 25.5 Å². The van der Waals surface area contributed by atoms with Crippen molar-refractivity contribution in [3.63, 3.8) is 0 Å². The van der Waals surface area contributed by atoms with E-state index in [1.54, 1.807) is 5.38 Å². The quantitative estimate of drug-likeness (QED) is 0.843. The summed E-state index contributed by atoms with van der Waals surface area (Å²) in [4.78, 5) is 3.37. The van der Waals surface area contributed by atoms with Crippen LogP contribution in [0.25, 0.3) is 0 Å². The Morgan fingerprint density at radius 1 is 1.33 bits per heavy atom. The Kier molecular flexibility index (Phi) is 4.15. The van der Waals surface area contributed by atoms with Crippen molar-refractivity contribution >= 4 is 32.2 Å². The second kappa shape index (κ2) is 5.57. The number of hydrogen-bond acceptors (Lipinski definition) is 5. The summed E-state index contributed by atoms with van der Waals surface area (Å²) in [6, 6.07) is 1.62. The number of nitrogens with zero attached hydrogens (tertiary/aromatic N) is 1. The Balaban J connectivity index is 2.36. The highest BCUT2D eigenvalue weighted by molar-refractivity contribution is 7.93. The molecule has 0 bridgehead atoms. The van der Waals surface area contributed by atoms with Gasteiger partial charge in [-0.2, -0.15) is 0 Å². The molecule has 0 atom stereocenters. The molecule has 0 saturated carbocycles. The van der Waals surface area contributed by atoms with Crippen LogP contribution >= 0.6 is 11.3 Å². The molecule has 0 radical (unpaired) electrons. The number of rotatable bonds is 4. The molecule has 2 rings (SSSR count). The molecule has 2 aromatic rings. The second-order valence-electron chi connectivity index (χ2n) is 4.61. The predicted octanol–water partition coefficient (Wildman–Crippen LogP) is 2.93. The summed E-state index contributed by atoms with van der Waals surface area (Å²) < 4.78 is 53.2. The molecule has 0 aliphatic heterocycles. The number of hydrogen-bond donors (Lipinski definition) is 2. The van der Waals surface area contributed by atoms with Crippen molar-refractivity contribution in [3.8, 4) is 0 Å². The van der Waals surface area contributed by atoms with Gasteiger partial charge in [0.2, 0.25) is 0 Å². The number of nitrogen functional groups attached to an aromatic ring is 1. The fourth-order valence-electron chi connectivity index (χ4n) is 1.53. The molecule has 0 spiro atoms. The normalized spacial score (nSPS) is 11.9. The lowest BCUT2D eigenvalue weighted by atomic mass is 10.2. The minimum Gasteiger partial charge on any atom is -0.394 e. The van der Waals surface area contributed by atoms with Gasteiger partial charge in [0.15, 0.2) is 10.9 Å². The molecule has 0 aliphatic carbocycles. The van der Waals surface area contributed by atoms with Gasteiger partial charge in [0.05, 0.1) is 5.69 Å². The first-order valence-corrected chi connectivity index (χ1v) is 8.30. The summed E-state index contributed by atoms with van der Waals surface area (Å²) in [5.41, 5.74) is 5.05. The van der Waals surface area contributed by atoms with Gasteiger partial charge >= 0.3 is 0 Å². The van der Waals surface area contributed by atoms with E-state index in [-0.39, 0.29) is 11.0 Å². The van der Waals surface area contributed by atoms with Crippen molar-refractivity contribution in [2.75, 3.05) is 10.5 Å². The van der Waals surface area contributed by atoms with Crippen molar-refractivity contribution < 1.29 is 17.2 Å². The lowest BCUT2D eigenvalue weighted by Gasteiger charge is -2.08. The van der Waals surface area contributed by atoms with E-state index in [1.807, 2.05) is 13.8 Å². The Bertz CT molecular complexity index is 773. The summed E-state index contributed by atoms with van der Waals surface area (Å²) in [5.74, 6) is -2.19. The molecule has 0 unspecified atom stereocenters. The molecule has 9 heteroatoms. The van der Waals surface area contributed by atoms with Gasteiger partial charge in [0, 0.05) is 5.38 Å². The van der Waals surface area contributed by atoms with Crippen molar-refractivity contribution in [2.45, 2.75) is 24.7 Å². The van der Waals surface area contributed by atoms with Gasteiger partial charge in [0.25, 0.3) is 10.0 Å². The number of nitrogens with two attached hydrogens (primary N) is 1. The van der Waals surface area contributed by atoms with Crippen LogP contribution in [0, 0.1) is 11.6 Å². The third kappa shape index (κ3) is 3.13. The Morgan fingerprint density at radius 3 is 2.57 bits per heavy atom. The number of anilines is 2. The van der Waals surface area contributed by atoms with Crippen LogP contribution in [0.5, 0.6) is 0 Å². The lowest BCUT2D eigenvalue weighted by Crippen LogP contribution is -2.16. The summed E-state index contributed by atoms with van der Waals surface area (Å²) in [5, 5.41) is 1.82. The van der Waals surface area contributed by atoms with Gasteiger partial charge in [-0.15, -0.1) is 11.3 Å². The average Bonchev–Trinajstić information content (AvgIpc) is 2.83. The van der Waals surface area contributed by atoms with E-state index in [9.17, 15) is 17.2 Å². The standard InChI is InChI=1S/C12H13F2N3O2S2/c1-6(2)8-5-20-12(16-8)17-21(18,19)9-4-3-7(13)11(15)10(9)14/h3-6H,15H2,1-2H3,(H,16,17). The van der Waals surface area contributed by atoms with E-state index >= 15 is 0 Å². The third-order valence-corrected chi connectivity index (χ3v) is 4.98. The van der Waals surface area contributed by atoms with Crippen LogP contribution in [-0.2, 0) is 10.0 Å². The highest BCUT2D eigenvalue weighted by Gasteiger charge is 2.23. The van der Waals surface area contributed by atoms with Gasteiger partial charge in [-0.25, -0.2) is 22.2 Å². The molecular formula is C12H13F2N3O2S2. The first kappa shape index (κ1) is 15.6. The maximum absolute atomic E-state index is 13.8. The van der Waals surface area contributed by atoms with E-state index in [0.29, 0.717) is 0 Å². The van der Waals surface area contributed by atoms with Crippen molar-refractivity contribution in [3.05, 3.63) is 34.8 Å². The van der Waals surface area contributed by atoms with Gasteiger partial charge < -0.3 is 5.73 Å². The fraction of sp³-hybridized carbons (Fsp3) is 0.250. The van der Waals surface area contributed by atoms with Gasteiger partial charge in [-0.3, -0.25) is 4.72 Å². The zero-order valence-electron chi connectivity index (χ0n) is 11.2. The van der Waals surface area contributed by atoms with Crippen LogP contribution in [0.3, 0.4) is 0 Å². The number of thiazole rings is 1. The van der Waals surface area contributed by atoms with E-state index in [0.717, 1.165) is 29.2 Å². The predicted molar refractivity (Wildman–Crippen MR) is 77.8 cm³/mol. The summed E-state index contributed by atoms with van der Waals surface area (Å²) in [6.45, 7) is 3.82. The highest BCUT2D eigenvalue weighted by Crippen LogP contribution is 2.27. The lowest BCUT2D eigenvalue weighted by molar-refractivity contribution is 0.557. The number of nitrogens with one attached hydrogen (secondary N) is 1. The number of aromatic nitrogens is 1. The smallest absolute Gasteiger partial charge is 0.266 e. The van der Waals surface area contributed by atoms with Gasteiger partial charge in [-0.05, 0) is 18.1 Å². The van der Waals surface area contributed by atoms with E-state index in [2.05, 4.69) is 9.71 Å². The summed E-state index contributed by atoms with van der Waals surface area (Å²) >= 11 is 1.08. The average molecular weight is 333 g/mol. The van der Waals surface area contributed by atoms with Gasteiger partial charge in [0.1, 0.15) is 16.4 Å². The molecule has 3 N–H and O–H groups in total. The minimum atomic E-state index is -4.22. The van der Waals surface area contributed by atoms with E-state index in [1.165, 1.54) is 0 Å². The molecule has 0 fully saturated rings. The topological polar surface area (TPSA) is 85.1 Å². The van der Waals surface area contributed by atoms with Crippen molar-refractivity contribution in [2.24, 2.45) is 0 Å². The molecule has 1 heterocycles. The van der Waals surface area contributed by atoms with Crippen LogP contribution in [0.2, 0.25) is 0 Å².